The molecule has 0 amide bonds. The first kappa shape index (κ1) is 27.9. The van der Waals surface area contributed by atoms with Gasteiger partial charge in [0.1, 0.15) is 0 Å². The first-order valence-corrected chi connectivity index (χ1v) is 17.8. The minimum Gasteiger partial charge on any atom is -0.277 e. The van der Waals surface area contributed by atoms with Crippen LogP contribution in [-0.2, 0) is 5.41 Å². The monoisotopic (exact) mass is 652 g/mol. The van der Waals surface area contributed by atoms with Crippen LogP contribution in [0, 0.1) is 0 Å². The van der Waals surface area contributed by atoms with Gasteiger partial charge in [0.15, 0.2) is 11.6 Å². The van der Waals surface area contributed by atoms with Gasteiger partial charge in [-0.2, -0.15) is 9.97 Å². The van der Waals surface area contributed by atoms with Crippen LogP contribution in [0.2, 0.25) is 0 Å². The zero-order valence-corrected chi connectivity index (χ0v) is 27.9. The first-order valence-electron chi connectivity index (χ1n) is 16.1. The molecule has 2 aromatic heterocycles. The Balaban J connectivity index is 1.34. The summed E-state index contributed by atoms with van der Waals surface area (Å²) < 4.78 is 2.31. The van der Waals surface area contributed by atoms with E-state index in [9.17, 15) is 0 Å². The van der Waals surface area contributed by atoms with Crippen molar-refractivity contribution in [3.05, 3.63) is 145 Å². The number of hydrogen-bond acceptors (Lipinski definition) is 5. The number of aromatic nitrogens is 4. The lowest BCUT2D eigenvalue weighted by Gasteiger charge is -2.21. The van der Waals surface area contributed by atoms with Crippen molar-refractivity contribution in [2.45, 2.75) is 38.8 Å². The van der Waals surface area contributed by atoms with Crippen molar-refractivity contribution in [2.24, 2.45) is 0 Å². The van der Waals surface area contributed by atoms with Gasteiger partial charge in [-0.05, 0) is 52.6 Å². The van der Waals surface area contributed by atoms with Crippen molar-refractivity contribution >= 4 is 45.3 Å². The summed E-state index contributed by atoms with van der Waals surface area (Å²) in [6.07, 6.45) is 0. The summed E-state index contributed by atoms with van der Waals surface area (Å²) in [6, 6.07) is 47.4. The van der Waals surface area contributed by atoms with E-state index in [1.165, 1.54) is 52.6 Å². The minimum atomic E-state index is -0.111. The van der Waals surface area contributed by atoms with Crippen LogP contribution in [0.3, 0.4) is 0 Å². The quantitative estimate of drug-likeness (QED) is 0.190. The molecule has 0 atom stereocenters. The van der Waals surface area contributed by atoms with Crippen molar-refractivity contribution < 1.29 is 0 Å². The largest absolute Gasteiger partial charge is 0.277 e. The van der Waals surface area contributed by atoms with Crippen LogP contribution in [0.15, 0.2) is 153 Å². The second-order valence-corrected chi connectivity index (χ2v) is 15.0. The Morgan fingerprint density at radius 1 is 0.521 bits per heavy atom. The molecule has 0 saturated heterocycles. The van der Waals surface area contributed by atoms with Gasteiger partial charge in [0.25, 0.3) is 0 Å². The van der Waals surface area contributed by atoms with Crippen LogP contribution < -0.4 is 0 Å². The maximum atomic E-state index is 5.26. The third-order valence-corrected chi connectivity index (χ3v) is 12.3. The Bertz CT molecular complexity index is 2530. The molecule has 10 rings (SSSR count). The predicted molar refractivity (Wildman–Crippen MR) is 197 cm³/mol. The highest BCUT2D eigenvalue weighted by molar-refractivity contribution is 8.05. The molecule has 0 N–H and O–H groups in total. The number of hydrogen-bond donors (Lipinski definition) is 0. The number of fused-ring (bicyclic) bond motifs is 9. The molecular formula is C42H28N4S2. The van der Waals surface area contributed by atoms with E-state index >= 15 is 0 Å². The van der Waals surface area contributed by atoms with Crippen LogP contribution in [0.4, 0.5) is 0 Å². The third kappa shape index (κ3) is 4.09. The average molecular weight is 653 g/mol. The fourth-order valence-corrected chi connectivity index (χ4v) is 9.76. The van der Waals surface area contributed by atoms with E-state index < -0.39 is 0 Å². The Hall–Kier alpha value is -5.17. The zero-order valence-electron chi connectivity index (χ0n) is 26.3. The van der Waals surface area contributed by atoms with E-state index in [2.05, 4.69) is 115 Å². The van der Waals surface area contributed by atoms with E-state index in [1.807, 2.05) is 59.9 Å². The topological polar surface area (TPSA) is 43.6 Å². The highest BCUT2D eigenvalue weighted by Gasteiger charge is 2.36. The second-order valence-electron chi connectivity index (χ2n) is 12.9. The Kier molecular flexibility index (Phi) is 6.05. The third-order valence-electron chi connectivity index (χ3n) is 9.72. The van der Waals surface area contributed by atoms with Gasteiger partial charge < -0.3 is 0 Å². The molecule has 3 heterocycles. The molecule has 0 fully saturated rings. The summed E-state index contributed by atoms with van der Waals surface area (Å²) in [4.78, 5) is 20.6. The molecule has 228 valence electrons. The summed E-state index contributed by atoms with van der Waals surface area (Å²) in [5.74, 6) is 1.92. The minimum absolute atomic E-state index is 0.111. The number of nitrogens with zero attached hydrogens (tertiary/aromatic N) is 4. The average Bonchev–Trinajstić information content (AvgIpc) is 3.59. The van der Waals surface area contributed by atoms with Gasteiger partial charge in [-0.3, -0.25) is 4.57 Å². The lowest BCUT2D eigenvalue weighted by atomic mass is 9.82. The van der Waals surface area contributed by atoms with Gasteiger partial charge in [0.05, 0.1) is 15.9 Å². The van der Waals surface area contributed by atoms with Crippen LogP contribution in [0.25, 0.3) is 61.7 Å². The standard InChI is InChI=1S/C42H28N4S2/c1-42(2)31-18-10-9-17-27(31)29-24-33-30(23-32(29)42)28-21-22-36-38(48-35-20-12-11-19-34(35)47-36)37(28)46(33)41-44-39(25-13-5-3-6-14-25)43-40(45-41)26-15-7-4-8-16-26/h3-24H,1-2H3. The lowest BCUT2D eigenvalue weighted by Crippen LogP contribution is -2.14. The number of benzene rings is 6. The molecule has 1 aliphatic carbocycles. The van der Waals surface area contributed by atoms with Crippen molar-refractivity contribution in [3.8, 4) is 39.9 Å². The van der Waals surface area contributed by atoms with E-state index in [0.717, 1.165) is 22.2 Å². The van der Waals surface area contributed by atoms with Gasteiger partial charge in [0.2, 0.25) is 5.95 Å². The maximum absolute atomic E-state index is 5.26. The first-order chi connectivity index (χ1) is 23.5. The smallest absolute Gasteiger partial charge is 0.238 e. The molecule has 4 nitrogen and oxygen atoms in total. The second kappa shape index (κ2) is 10.4. The molecule has 48 heavy (non-hydrogen) atoms. The zero-order chi connectivity index (χ0) is 32.0. The fourth-order valence-electron chi connectivity index (χ4n) is 7.38. The summed E-state index contributed by atoms with van der Waals surface area (Å²) in [5, 5.41) is 2.41. The number of rotatable bonds is 3. The SMILES string of the molecule is CC1(C)c2ccccc2-c2cc3c(cc21)c1ccc2c(c1n3-c1nc(-c3ccccc3)nc(-c3ccccc3)n1)Sc1ccccc1S2. The summed E-state index contributed by atoms with van der Waals surface area (Å²) in [5.41, 5.74) is 9.31. The van der Waals surface area contributed by atoms with E-state index in [4.69, 9.17) is 15.0 Å². The van der Waals surface area contributed by atoms with E-state index in [0.29, 0.717) is 17.6 Å². The van der Waals surface area contributed by atoms with Crippen molar-refractivity contribution in [1.82, 2.24) is 19.5 Å². The molecule has 0 unspecified atom stereocenters. The lowest BCUT2D eigenvalue weighted by molar-refractivity contribution is 0.661. The van der Waals surface area contributed by atoms with Gasteiger partial charge >= 0.3 is 0 Å². The normalized spacial score (nSPS) is 14.0. The van der Waals surface area contributed by atoms with Gasteiger partial charge in [-0.1, -0.05) is 140 Å². The molecule has 2 aliphatic rings. The van der Waals surface area contributed by atoms with Crippen LogP contribution >= 0.6 is 23.5 Å². The molecule has 0 bridgehead atoms. The molecule has 0 spiro atoms. The maximum Gasteiger partial charge on any atom is 0.238 e. The fraction of sp³-hybridized carbons (Fsp3) is 0.0714. The molecular weight excluding hydrogens is 625 g/mol. The molecule has 8 aromatic rings. The highest BCUT2D eigenvalue weighted by Crippen LogP contribution is 2.55. The van der Waals surface area contributed by atoms with Crippen molar-refractivity contribution in [1.29, 1.82) is 0 Å². The molecule has 1 aliphatic heterocycles. The van der Waals surface area contributed by atoms with Gasteiger partial charge in [-0.15, -0.1) is 0 Å². The summed E-state index contributed by atoms with van der Waals surface area (Å²) in [6.45, 7) is 4.69. The van der Waals surface area contributed by atoms with Crippen LogP contribution in [0.5, 0.6) is 0 Å². The molecule has 0 radical (unpaired) electrons. The van der Waals surface area contributed by atoms with E-state index in [-0.39, 0.29) is 5.41 Å². The summed E-state index contributed by atoms with van der Waals surface area (Å²) >= 11 is 3.68. The summed E-state index contributed by atoms with van der Waals surface area (Å²) in [7, 11) is 0. The predicted octanol–water partition coefficient (Wildman–Crippen LogP) is 11.2. The molecule has 6 aromatic carbocycles. The highest BCUT2D eigenvalue weighted by atomic mass is 32.2. The van der Waals surface area contributed by atoms with E-state index in [1.54, 1.807) is 0 Å². The van der Waals surface area contributed by atoms with Gasteiger partial charge in [0, 0.05) is 42.0 Å². The van der Waals surface area contributed by atoms with Gasteiger partial charge in [-0.25, -0.2) is 4.98 Å². The molecule has 6 heteroatoms. The van der Waals surface area contributed by atoms with Crippen molar-refractivity contribution in [2.75, 3.05) is 0 Å². The Morgan fingerprint density at radius 3 is 1.85 bits per heavy atom. The van der Waals surface area contributed by atoms with Crippen LogP contribution in [-0.4, -0.2) is 19.5 Å². The Morgan fingerprint density at radius 2 is 1.15 bits per heavy atom. The van der Waals surface area contributed by atoms with Crippen molar-refractivity contribution in [3.63, 3.8) is 0 Å². The Labute approximate surface area is 286 Å². The van der Waals surface area contributed by atoms with Crippen LogP contribution in [0.1, 0.15) is 25.0 Å². The molecule has 0 saturated carbocycles.